The Labute approximate surface area is 166 Å². The lowest BCUT2D eigenvalue weighted by Gasteiger charge is -2.06. The van der Waals surface area contributed by atoms with Crippen LogP contribution in [-0.2, 0) is 13.2 Å². The molecule has 4 aromatic rings. The summed E-state index contributed by atoms with van der Waals surface area (Å²) < 4.78 is 16.8. The third kappa shape index (κ3) is 4.23. The highest BCUT2D eigenvalue weighted by Crippen LogP contribution is 2.23. The summed E-state index contributed by atoms with van der Waals surface area (Å²) in [5.41, 5.74) is 3.07. The molecule has 142 valence electrons. The number of aromatic nitrogens is 1. The number of rotatable bonds is 6. The fourth-order valence-electron chi connectivity index (χ4n) is 2.81. The van der Waals surface area contributed by atoms with Gasteiger partial charge in [-0.1, -0.05) is 17.7 Å². The second kappa shape index (κ2) is 7.86. The molecule has 0 atom stereocenters. The van der Waals surface area contributed by atoms with E-state index in [1.54, 1.807) is 6.07 Å². The van der Waals surface area contributed by atoms with E-state index in [1.165, 1.54) is 23.0 Å². The molecule has 0 fully saturated rings. The summed E-state index contributed by atoms with van der Waals surface area (Å²) in [5.74, 6) is 1.46. The van der Waals surface area contributed by atoms with Crippen molar-refractivity contribution in [2.24, 2.45) is 0 Å². The zero-order chi connectivity index (χ0) is 19.5. The van der Waals surface area contributed by atoms with Gasteiger partial charge in [-0.2, -0.15) is 0 Å². The van der Waals surface area contributed by atoms with Crippen LogP contribution in [0.1, 0.15) is 21.8 Å². The van der Waals surface area contributed by atoms with Crippen molar-refractivity contribution in [2.45, 2.75) is 27.1 Å². The van der Waals surface area contributed by atoms with Crippen molar-refractivity contribution in [3.05, 3.63) is 86.2 Å². The Morgan fingerprint density at radius 1 is 0.964 bits per heavy atom. The van der Waals surface area contributed by atoms with Gasteiger partial charge in [-0.25, -0.2) is 9.78 Å². The van der Waals surface area contributed by atoms with Crippen molar-refractivity contribution >= 4 is 22.3 Å². The maximum Gasteiger partial charge on any atom is 0.336 e. The fourth-order valence-corrected chi connectivity index (χ4v) is 3.50. The van der Waals surface area contributed by atoms with Crippen molar-refractivity contribution in [2.75, 3.05) is 0 Å². The second-order valence-corrected chi connectivity index (χ2v) is 7.47. The number of aryl methyl sites for hydroxylation is 2. The molecule has 0 amide bonds. The first kappa shape index (κ1) is 18.3. The summed E-state index contributed by atoms with van der Waals surface area (Å²) in [7, 11) is 0. The van der Waals surface area contributed by atoms with E-state index in [-0.39, 0.29) is 5.63 Å². The molecule has 0 spiro atoms. The van der Waals surface area contributed by atoms with Crippen molar-refractivity contribution in [3.8, 4) is 11.5 Å². The summed E-state index contributed by atoms with van der Waals surface area (Å²) in [6, 6.07) is 14.9. The quantitative estimate of drug-likeness (QED) is 0.430. The third-order valence-corrected chi connectivity index (χ3v) is 5.16. The lowest BCUT2D eigenvalue weighted by atomic mass is 10.1. The molecule has 2 aromatic carbocycles. The summed E-state index contributed by atoms with van der Waals surface area (Å²) in [6.07, 6.45) is 0. The first-order valence-corrected chi connectivity index (χ1v) is 9.75. The van der Waals surface area contributed by atoms with Gasteiger partial charge in [0.1, 0.15) is 35.3 Å². The van der Waals surface area contributed by atoms with E-state index in [0.717, 1.165) is 27.4 Å². The normalized spacial score (nSPS) is 10.9. The maximum absolute atomic E-state index is 11.6. The first-order chi connectivity index (χ1) is 13.6. The van der Waals surface area contributed by atoms with Crippen molar-refractivity contribution in [3.63, 3.8) is 0 Å². The van der Waals surface area contributed by atoms with Crippen LogP contribution in [0, 0.1) is 13.8 Å². The van der Waals surface area contributed by atoms with Gasteiger partial charge >= 0.3 is 5.63 Å². The van der Waals surface area contributed by atoms with Gasteiger partial charge in [0.2, 0.25) is 0 Å². The number of fused-ring (bicyclic) bond motifs is 1. The van der Waals surface area contributed by atoms with Crippen molar-refractivity contribution < 1.29 is 13.9 Å². The van der Waals surface area contributed by atoms with E-state index < -0.39 is 0 Å². The summed E-state index contributed by atoms with van der Waals surface area (Å²) in [5, 5.41) is 3.74. The van der Waals surface area contributed by atoms with E-state index in [1.807, 2.05) is 55.6 Å². The molecule has 4 rings (SSSR count). The second-order valence-electron chi connectivity index (χ2n) is 6.53. The number of benzene rings is 2. The van der Waals surface area contributed by atoms with Crippen LogP contribution in [0.2, 0.25) is 0 Å². The fraction of sp³-hybridized carbons (Fsp3) is 0.182. The zero-order valence-electron chi connectivity index (χ0n) is 15.6. The molecule has 0 aliphatic carbocycles. The van der Waals surface area contributed by atoms with E-state index in [4.69, 9.17) is 13.9 Å². The van der Waals surface area contributed by atoms with Crippen LogP contribution in [0.15, 0.2) is 63.1 Å². The molecule has 0 saturated heterocycles. The highest BCUT2D eigenvalue weighted by Gasteiger charge is 2.07. The van der Waals surface area contributed by atoms with E-state index in [9.17, 15) is 4.79 Å². The van der Waals surface area contributed by atoms with Crippen LogP contribution in [0.3, 0.4) is 0 Å². The Balaban J connectivity index is 1.38. The Hall–Kier alpha value is -3.12. The van der Waals surface area contributed by atoms with Crippen molar-refractivity contribution in [1.82, 2.24) is 4.98 Å². The molecule has 5 nitrogen and oxygen atoms in total. The molecule has 2 aromatic heterocycles. The monoisotopic (exact) mass is 393 g/mol. The van der Waals surface area contributed by atoms with Gasteiger partial charge in [0.15, 0.2) is 0 Å². The average molecular weight is 393 g/mol. The van der Waals surface area contributed by atoms with E-state index in [2.05, 4.69) is 4.98 Å². The predicted molar refractivity (Wildman–Crippen MR) is 109 cm³/mol. The molecular formula is C22H19NO4S. The topological polar surface area (TPSA) is 61.6 Å². The third-order valence-electron chi connectivity index (χ3n) is 4.29. The molecule has 0 bridgehead atoms. The van der Waals surface area contributed by atoms with Crippen LogP contribution in [0.25, 0.3) is 11.0 Å². The van der Waals surface area contributed by atoms with Crippen LogP contribution < -0.4 is 15.1 Å². The molecule has 0 aliphatic rings. The maximum atomic E-state index is 11.6. The summed E-state index contributed by atoms with van der Waals surface area (Å²) in [4.78, 5) is 16.1. The highest BCUT2D eigenvalue weighted by molar-refractivity contribution is 7.09. The number of thiazole rings is 1. The SMILES string of the molecule is Cc1ccc(OCc2nc(COc3ccc4c(C)cc(=O)oc4c3)cs2)cc1. The Morgan fingerprint density at radius 2 is 1.71 bits per heavy atom. The standard InChI is InChI=1S/C22H19NO4S/c1-14-3-5-17(6-4-14)26-12-21-23-16(13-28-21)11-25-18-7-8-19-15(2)9-22(24)27-20(19)10-18/h3-10,13H,11-12H2,1-2H3. The van der Waals surface area contributed by atoms with E-state index >= 15 is 0 Å². The molecule has 0 unspecified atom stereocenters. The molecular weight excluding hydrogens is 374 g/mol. The van der Waals surface area contributed by atoms with Gasteiger partial charge in [-0.15, -0.1) is 11.3 Å². The Morgan fingerprint density at radius 3 is 2.54 bits per heavy atom. The molecule has 0 saturated carbocycles. The van der Waals surface area contributed by atoms with Gasteiger partial charge in [-0.3, -0.25) is 0 Å². The molecule has 6 heteroatoms. The average Bonchev–Trinajstić information content (AvgIpc) is 3.13. The molecule has 2 heterocycles. The van der Waals surface area contributed by atoms with Gasteiger partial charge in [0.25, 0.3) is 0 Å². The minimum atomic E-state index is -0.361. The van der Waals surface area contributed by atoms with E-state index in [0.29, 0.717) is 24.5 Å². The number of hydrogen-bond acceptors (Lipinski definition) is 6. The smallest absolute Gasteiger partial charge is 0.336 e. The Kier molecular flexibility index (Phi) is 5.12. The molecule has 0 N–H and O–H groups in total. The molecule has 0 radical (unpaired) electrons. The summed E-state index contributed by atoms with van der Waals surface area (Å²) in [6.45, 7) is 4.69. The van der Waals surface area contributed by atoms with Crippen LogP contribution in [0.5, 0.6) is 11.5 Å². The van der Waals surface area contributed by atoms with Gasteiger partial charge < -0.3 is 13.9 Å². The van der Waals surface area contributed by atoms with Crippen molar-refractivity contribution in [1.29, 1.82) is 0 Å². The molecule has 28 heavy (non-hydrogen) atoms. The molecule has 0 aliphatic heterocycles. The number of nitrogens with zero attached hydrogens (tertiary/aromatic N) is 1. The summed E-state index contributed by atoms with van der Waals surface area (Å²) >= 11 is 1.54. The minimum absolute atomic E-state index is 0.336. The largest absolute Gasteiger partial charge is 0.487 e. The van der Waals surface area contributed by atoms with Crippen LogP contribution in [-0.4, -0.2) is 4.98 Å². The van der Waals surface area contributed by atoms with Crippen LogP contribution in [0.4, 0.5) is 0 Å². The van der Waals surface area contributed by atoms with Gasteiger partial charge in [0, 0.05) is 22.9 Å². The zero-order valence-corrected chi connectivity index (χ0v) is 16.4. The highest BCUT2D eigenvalue weighted by atomic mass is 32.1. The number of hydrogen-bond donors (Lipinski definition) is 0. The van der Waals surface area contributed by atoms with Gasteiger partial charge in [-0.05, 0) is 43.7 Å². The lowest BCUT2D eigenvalue weighted by Crippen LogP contribution is -2.00. The first-order valence-electron chi connectivity index (χ1n) is 8.87. The predicted octanol–water partition coefficient (Wildman–Crippen LogP) is 5.02. The Bertz CT molecular complexity index is 1160. The number of ether oxygens (including phenoxy) is 2. The van der Waals surface area contributed by atoms with Gasteiger partial charge in [0.05, 0.1) is 5.69 Å². The van der Waals surface area contributed by atoms with Crippen LogP contribution >= 0.6 is 11.3 Å². The minimum Gasteiger partial charge on any atom is -0.487 e. The lowest BCUT2D eigenvalue weighted by molar-refractivity contribution is 0.294.